The van der Waals surface area contributed by atoms with Gasteiger partial charge in [0.25, 0.3) is 0 Å². The van der Waals surface area contributed by atoms with Crippen LogP contribution in [0.1, 0.15) is 22.3 Å². The Kier molecular flexibility index (Phi) is 10.4. The Bertz CT molecular complexity index is 670. The average Bonchev–Trinajstić information content (AvgIpc) is 2.49. The summed E-state index contributed by atoms with van der Waals surface area (Å²) in [6.07, 6.45) is 3.86. The van der Waals surface area contributed by atoms with Crippen LogP contribution in [0, 0.1) is 0 Å². The summed E-state index contributed by atoms with van der Waals surface area (Å²) in [6.45, 7) is 1.41. The monoisotopic (exact) mass is 398 g/mol. The molecule has 0 aromatic heterocycles. The number of rotatable bonds is 6. The van der Waals surface area contributed by atoms with E-state index in [2.05, 4.69) is 0 Å². The van der Waals surface area contributed by atoms with Crippen LogP contribution in [-0.2, 0) is 13.1 Å². The van der Waals surface area contributed by atoms with Crippen LogP contribution < -0.4 is 0 Å². The minimum atomic E-state index is 0. The molecule has 0 radical (unpaired) electrons. The minimum Gasteiger partial charge on any atom is -0.508 e. The number of phenolic OH excluding ortho intramolecular Hbond substituents is 2. The molecule has 2 aromatic carbocycles. The van der Waals surface area contributed by atoms with Crippen LogP contribution in [0.2, 0.25) is 0 Å². The van der Waals surface area contributed by atoms with E-state index >= 15 is 0 Å². The van der Waals surface area contributed by atoms with Crippen molar-refractivity contribution in [2.45, 2.75) is 13.1 Å². The second-order valence-corrected chi connectivity index (χ2v) is 6.59. The molecule has 0 saturated carbocycles. The van der Waals surface area contributed by atoms with Gasteiger partial charge in [-0.25, -0.2) is 0 Å². The van der Waals surface area contributed by atoms with Crippen molar-refractivity contribution in [1.82, 2.24) is 9.80 Å². The van der Waals surface area contributed by atoms with Crippen LogP contribution in [0.5, 0.6) is 11.5 Å². The summed E-state index contributed by atoms with van der Waals surface area (Å²) in [5.41, 5.74) is 3.66. The molecule has 2 N–H and O–H groups in total. The fourth-order valence-electron chi connectivity index (χ4n) is 2.51. The topological polar surface area (TPSA) is 46.9 Å². The Labute approximate surface area is 168 Å². The first-order chi connectivity index (χ1) is 11.3. The summed E-state index contributed by atoms with van der Waals surface area (Å²) in [6, 6.07) is 11.4. The Balaban J connectivity index is 0.00000312. The molecule has 0 aliphatic rings. The summed E-state index contributed by atoms with van der Waals surface area (Å²) in [7, 11) is 7.89. The first-order valence-corrected chi connectivity index (χ1v) is 7.96. The number of halogens is 2. The van der Waals surface area contributed by atoms with Gasteiger partial charge in [-0.1, -0.05) is 36.4 Å². The molecule has 0 heterocycles. The number of aromatic hydroxyl groups is 2. The van der Waals surface area contributed by atoms with Crippen molar-refractivity contribution >= 4 is 37.0 Å². The maximum absolute atomic E-state index is 10.1. The van der Waals surface area contributed by atoms with Gasteiger partial charge in [-0.2, -0.15) is 0 Å². The summed E-state index contributed by atoms with van der Waals surface area (Å²) in [5.74, 6) is 0.602. The van der Waals surface area contributed by atoms with E-state index in [0.717, 1.165) is 22.3 Å². The zero-order valence-corrected chi connectivity index (χ0v) is 17.3. The molecule has 2 rings (SSSR count). The first kappa shape index (κ1) is 24.3. The van der Waals surface area contributed by atoms with E-state index in [1.165, 1.54) is 0 Å². The highest BCUT2D eigenvalue weighted by molar-refractivity contribution is 5.85. The Hall–Kier alpha value is -1.72. The largest absolute Gasteiger partial charge is 0.508 e. The van der Waals surface area contributed by atoms with E-state index in [1.54, 1.807) is 12.1 Å². The number of benzene rings is 2. The van der Waals surface area contributed by atoms with Crippen molar-refractivity contribution in [3.63, 3.8) is 0 Å². The lowest BCUT2D eigenvalue weighted by atomic mass is 10.1. The highest BCUT2D eigenvalue weighted by Crippen LogP contribution is 2.23. The molecule has 0 fully saturated rings. The molecule has 0 unspecified atom stereocenters. The molecule has 144 valence electrons. The lowest BCUT2D eigenvalue weighted by molar-refractivity contribution is 0.386. The van der Waals surface area contributed by atoms with E-state index in [4.69, 9.17) is 0 Å². The van der Waals surface area contributed by atoms with Gasteiger partial charge in [-0.05, 0) is 51.5 Å². The normalized spacial score (nSPS) is 10.8. The van der Waals surface area contributed by atoms with Crippen LogP contribution in [-0.4, -0.2) is 48.2 Å². The van der Waals surface area contributed by atoms with Gasteiger partial charge in [0, 0.05) is 24.2 Å². The smallest absolute Gasteiger partial charge is 0.120 e. The molecule has 0 atom stereocenters. The number of hydrogen-bond donors (Lipinski definition) is 2. The summed E-state index contributed by atoms with van der Waals surface area (Å²) >= 11 is 0. The molecule has 4 nitrogen and oxygen atoms in total. The van der Waals surface area contributed by atoms with Crippen molar-refractivity contribution < 1.29 is 10.2 Å². The lowest BCUT2D eigenvalue weighted by Crippen LogP contribution is -2.10. The second-order valence-electron chi connectivity index (χ2n) is 6.59. The van der Waals surface area contributed by atoms with Crippen molar-refractivity contribution in [2.24, 2.45) is 0 Å². The molecule has 2 aromatic rings. The highest BCUT2D eigenvalue weighted by atomic mass is 35.5. The zero-order valence-electron chi connectivity index (χ0n) is 15.6. The van der Waals surface area contributed by atoms with E-state index in [0.29, 0.717) is 24.6 Å². The van der Waals surface area contributed by atoms with Gasteiger partial charge in [-0.15, -0.1) is 24.8 Å². The molecule has 26 heavy (non-hydrogen) atoms. The van der Waals surface area contributed by atoms with Gasteiger partial charge >= 0.3 is 0 Å². The molecule has 0 spiro atoms. The summed E-state index contributed by atoms with van der Waals surface area (Å²) in [5, 5.41) is 20.2. The predicted molar refractivity (Wildman–Crippen MR) is 114 cm³/mol. The van der Waals surface area contributed by atoms with E-state index in [-0.39, 0.29) is 24.8 Å². The van der Waals surface area contributed by atoms with Crippen LogP contribution in [0.25, 0.3) is 12.2 Å². The molecule has 6 heteroatoms. The first-order valence-electron chi connectivity index (χ1n) is 7.96. The minimum absolute atomic E-state index is 0. The van der Waals surface area contributed by atoms with Gasteiger partial charge in [-0.3, -0.25) is 0 Å². The van der Waals surface area contributed by atoms with Crippen molar-refractivity contribution in [1.29, 1.82) is 0 Å². The molecular weight excluding hydrogens is 371 g/mol. The molecular formula is C20H28Cl2N2O2. The Morgan fingerprint density at radius 1 is 0.692 bits per heavy atom. The SMILES string of the molecule is CN(C)Cc1ccc(C=Cc2ccc(CN(C)C)c(O)c2)cc1O.Cl.Cl. The number of phenols is 2. The fraction of sp³-hybridized carbons (Fsp3) is 0.300. The predicted octanol–water partition coefficient (Wildman–Crippen LogP) is 4.24. The van der Waals surface area contributed by atoms with Gasteiger partial charge in [0.1, 0.15) is 11.5 Å². The standard InChI is InChI=1S/C20H26N2O2.2ClH/c1-21(2)13-17-9-7-15(11-19(17)23)5-6-16-8-10-18(14-22(3)4)20(24)12-16;;/h5-12,23-24H,13-14H2,1-4H3;2*1H. The second kappa shape index (κ2) is 11.1. The van der Waals surface area contributed by atoms with E-state index < -0.39 is 0 Å². The summed E-state index contributed by atoms with van der Waals surface area (Å²) < 4.78 is 0. The van der Waals surface area contributed by atoms with E-state index in [9.17, 15) is 10.2 Å². The maximum Gasteiger partial charge on any atom is 0.120 e. The maximum atomic E-state index is 10.1. The van der Waals surface area contributed by atoms with Crippen LogP contribution in [0.4, 0.5) is 0 Å². The zero-order chi connectivity index (χ0) is 17.7. The highest BCUT2D eigenvalue weighted by Gasteiger charge is 2.04. The van der Waals surface area contributed by atoms with Crippen molar-refractivity contribution in [2.75, 3.05) is 28.2 Å². The average molecular weight is 399 g/mol. The molecule has 0 saturated heterocycles. The third kappa shape index (κ3) is 7.26. The molecule has 0 amide bonds. The quantitative estimate of drug-likeness (QED) is 0.714. The fourth-order valence-corrected chi connectivity index (χ4v) is 2.51. The Morgan fingerprint density at radius 2 is 1.04 bits per heavy atom. The van der Waals surface area contributed by atoms with Gasteiger partial charge < -0.3 is 20.0 Å². The third-order valence-electron chi connectivity index (χ3n) is 3.66. The number of hydrogen-bond acceptors (Lipinski definition) is 4. The molecule has 0 aliphatic heterocycles. The number of nitrogens with zero attached hydrogens (tertiary/aromatic N) is 2. The van der Waals surface area contributed by atoms with Crippen LogP contribution >= 0.6 is 24.8 Å². The van der Waals surface area contributed by atoms with E-state index in [1.807, 2.05) is 74.4 Å². The summed E-state index contributed by atoms with van der Waals surface area (Å²) in [4.78, 5) is 4.03. The molecule has 0 aliphatic carbocycles. The molecule has 0 bridgehead atoms. The van der Waals surface area contributed by atoms with Gasteiger partial charge in [0.05, 0.1) is 0 Å². The third-order valence-corrected chi connectivity index (χ3v) is 3.66. The van der Waals surface area contributed by atoms with Gasteiger partial charge in [0.2, 0.25) is 0 Å². The van der Waals surface area contributed by atoms with Gasteiger partial charge in [0.15, 0.2) is 0 Å². The Morgan fingerprint density at radius 3 is 1.31 bits per heavy atom. The van der Waals surface area contributed by atoms with Crippen molar-refractivity contribution in [3.05, 3.63) is 58.7 Å². The lowest BCUT2D eigenvalue weighted by Gasteiger charge is -2.12. The van der Waals surface area contributed by atoms with Crippen LogP contribution in [0.3, 0.4) is 0 Å². The van der Waals surface area contributed by atoms with Crippen LogP contribution in [0.15, 0.2) is 36.4 Å². The van der Waals surface area contributed by atoms with Crippen molar-refractivity contribution in [3.8, 4) is 11.5 Å².